The fourth-order valence-corrected chi connectivity index (χ4v) is 0.950. The van der Waals surface area contributed by atoms with Crippen LogP contribution in [0.5, 0.6) is 0 Å². The van der Waals surface area contributed by atoms with Crippen LogP contribution in [0, 0.1) is 0 Å². The summed E-state index contributed by atoms with van der Waals surface area (Å²) in [5.41, 5.74) is -0.402. The SMILES string of the molecule is CCSCNC(=O)OC(C)(C)C. The Hall–Kier alpha value is -0.380. The van der Waals surface area contributed by atoms with Crippen molar-refractivity contribution in [2.24, 2.45) is 0 Å². The van der Waals surface area contributed by atoms with Gasteiger partial charge in [0.05, 0.1) is 5.88 Å². The van der Waals surface area contributed by atoms with E-state index >= 15 is 0 Å². The molecule has 0 aromatic heterocycles. The summed E-state index contributed by atoms with van der Waals surface area (Å²) in [5, 5.41) is 2.64. The molecule has 0 aromatic rings. The third-order valence-electron chi connectivity index (χ3n) is 0.922. The minimum atomic E-state index is -0.402. The Morgan fingerprint density at radius 3 is 2.50 bits per heavy atom. The van der Waals surface area contributed by atoms with Gasteiger partial charge in [0.1, 0.15) is 5.60 Å². The number of rotatable bonds is 3. The van der Waals surface area contributed by atoms with Crippen LogP contribution >= 0.6 is 11.8 Å². The molecule has 0 heterocycles. The molecule has 0 aromatic carbocycles. The van der Waals surface area contributed by atoms with E-state index in [4.69, 9.17) is 4.74 Å². The van der Waals surface area contributed by atoms with Gasteiger partial charge in [0, 0.05) is 0 Å². The quantitative estimate of drug-likeness (QED) is 0.549. The fraction of sp³-hybridized carbons (Fsp3) is 0.875. The zero-order valence-electron chi connectivity index (χ0n) is 8.14. The molecule has 1 N–H and O–H groups in total. The highest BCUT2D eigenvalue weighted by Crippen LogP contribution is 2.06. The smallest absolute Gasteiger partial charge is 0.408 e. The van der Waals surface area contributed by atoms with Crippen molar-refractivity contribution < 1.29 is 9.53 Å². The summed E-state index contributed by atoms with van der Waals surface area (Å²) < 4.78 is 5.02. The van der Waals surface area contributed by atoms with E-state index in [2.05, 4.69) is 5.32 Å². The molecule has 0 radical (unpaired) electrons. The molecule has 12 heavy (non-hydrogen) atoms. The molecule has 0 saturated heterocycles. The highest BCUT2D eigenvalue weighted by molar-refractivity contribution is 7.99. The van der Waals surface area contributed by atoms with Gasteiger partial charge >= 0.3 is 6.09 Å². The first-order valence-electron chi connectivity index (χ1n) is 4.00. The number of thioether (sulfide) groups is 1. The number of carbonyl (C=O) groups is 1. The molecular weight excluding hydrogens is 174 g/mol. The number of amides is 1. The summed E-state index contributed by atoms with van der Waals surface area (Å²) in [6.07, 6.45) is -0.344. The summed E-state index contributed by atoms with van der Waals surface area (Å²) in [6, 6.07) is 0. The maximum absolute atomic E-state index is 11.0. The van der Waals surface area contributed by atoms with Gasteiger partial charge in [0.15, 0.2) is 0 Å². The van der Waals surface area contributed by atoms with E-state index in [0.717, 1.165) is 5.75 Å². The first-order chi connectivity index (χ1) is 5.45. The van der Waals surface area contributed by atoms with E-state index in [-0.39, 0.29) is 6.09 Å². The Labute approximate surface area is 78.2 Å². The summed E-state index contributed by atoms with van der Waals surface area (Å²) in [4.78, 5) is 11.0. The van der Waals surface area contributed by atoms with E-state index in [1.54, 1.807) is 11.8 Å². The number of ether oxygens (including phenoxy) is 1. The van der Waals surface area contributed by atoms with Crippen LogP contribution in [0.3, 0.4) is 0 Å². The van der Waals surface area contributed by atoms with E-state index < -0.39 is 5.60 Å². The number of nitrogens with one attached hydrogen (secondary N) is 1. The zero-order chi connectivity index (χ0) is 9.61. The van der Waals surface area contributed by atoms with Crippen molar-refractivity contribution in [1.82, 2.24) is 5.32 Å². The standard InChI is InChI=1S/C8H17NO2S/c1-5-12-6-9-7(10)11-8(2,3)4/h5-6H2,1-4H3,(H,9,10). The highest BCUT2D eigenvalue weighted by atomic mass is 32.2. The molecule has 0 rings (SSSR count). The van der Waals surface area contributed by atoms with E-state index in [9.17, 15) is 4.79 Å². The van der Waals surface area contributed by atoms with Gasteiger partial charge in [0.25, 0.3) is 0 Å². The minimum Gasteiger partial charge on any atom is -0.444 e. The van der Waals surface area contributed by atoms with Crippen molar-refractivity contribution in [2.45, 2.75) is 33.3 Å². The average molecular weight is 191 g/mol. The van der Waals surface area contributed by atoms with Crippen LogP contribution in [0.2, 0.25) is 0 Å². The molecule has 0 saturated carbocycles. The predicted molar refractivity (Wildman–Crippen MR) is 52.4 cm³/mol. The lowest BCUT2D eigenvalue weighted by atomic mass is 10.2. The van der Waals surface area contributed by atoms with Crippen LogP contribution in [0.4, 0.5) is 4.79 Å². The molecule has 0 aliphatic rings. The van der Waals surface area contributed by atoms with Gasteiger partial charge in [-0.2, -0.15) is 0 Å². The van der Waals surface area contributed by atoms with Gasteiger partial charge in [-0.1, -0.05) is 6.92 Å². The molecule has 0 spiro atoms. The van der Waals surface area contributed by atoms with Crippen LogP contribution in [0.1, 0.15) is 27.7 Å². The van der Waals surface area contributed by atoms with Gasteiger partial charge in [-0.15, -0.1) is 11.8 Å². The van der Waals surface area contributed by atoms with Crippen LogP contribution in [-0.2, 0) is 4.74 Å². The molecule has 0 aliphatic carbocycles. The summed E-state index contributed by atoms with van der Waals surface area (Å²) in [7, 11) is 0. The zero-order valence-corrected chi connectivity index (χ0v) is 8.96. The van der Waals surface area contributed by atoms with Crippen molar-refractivity contribution in [3.63, 3.8) is 0 Å². The number of alkyl carbamates (subject to hydrolysis) is 1. The summed E-state index contributed by atoms with van der Waals surface area (Å²) >= 11 is 1.65. The monoisotopic (exact) mass is 191 g/mol. The Bertz CT molecular complexity index is 142. The molecule has 0 fully saturated rings. The Balaban J connectivity index is 3.47. The van der Waals surface area contributed by atoms with Crippen molar-refractivity contribution >= 4 is 17.9 Å². The number of hydrogen-bond acceptors (Lipinski definition) is 3. The van der Waals surface area contributed by atoms with E-state index in [1.165, 1.54) is 0 Å². The van der Waals surface area contributed by atoms with Gasteiger partial charge < -0.3 is 10.1 Å². The maximum atomic E-state index is 11.0. The second-order valence-electron chi connectivity index (χ2n) is 3.32. The fourth-order valence-electron chi connectivity index (χ4n) is 0.526. The normalized spacial score (nSPS) is 11.0. The maximum Gasteiger partial charge on any atom is 0.408 e. The lowest BCUT2D eigenvalue weighted by Crippen LogP contribution is -2.32. The molecule has 3 nitrogen and oxygen atoms in total. The minimum absolute atomic E-state index is 0.344. The molecule has 0 atom stereocenters. The van der Waals surface area contributed by atoms with Crippen LogP contribution in [0.25, 0.3) is 0 Å². The van der Waals surface area contributed by atoms with Crippen molar-refractivity contribution in [1.29, 1.82) is 0 Å². The van der Waals surface area contributed by atoms with Gasteiger partial charge in [-0.3, -0.25) is 0 Å². The molecule has 1 amide bonds. The van der Waals surface area contributed by atoms with Gasteiger partial charge in [0.2, 0.25) is 0 Å². The molecule has 4 heteroatoms. The van der Waals surface area contributed by atoms with Crippen LogP contribution in [0.15, 0.2) is 0 Å². The van der Waals surface area contributed by atoms with Crippen molar-refractivity contribution in [3.8, 4) is 0 Å². The molecular formula is C8H17NO2S. The lowest BCUT2D eigenvalue weighted by Gasteiger charge is -2.19. The van der Waals surface area contributed by atoms with E-state index in [0.29, 0.717) is 5.88 Å². The Kier molecular flexibility index (Phi) is 5.13. The average Bonchev–Trinajstić information content (AvgIpc) is 1.84. The Morgan fingerprint density at radius 2 is 2.08 bits per heavy atom. The molecule has 0 aliphatic heterocycles. The molecule has 0 bridgehead atoms. The molecule has 0 unspecified atom stereocenters. The van der Waals surface area contributed by atoms with Crippen molar-refractivity contribution in [3.05, 3.63) is 0 Å². The van der Waals surface area contributed by atoms with Crippen molar-refractivity contribution in [2.75, 3.05) is 11.6 Å². The second kappa shape index (κ2) is 5.30. The first-order valence-corrected chi connectivity index (χ1v) is 5.16. The lowest BCUT2D eigenvalue weighted by molar-refractivity contribution is 0.0538. The van der Waals surface area contributed by atoms with E-state index in [1.807, 2.05) is 27.7 Å². The van der Waals surface area contributed by atoms with Crippen LogP contribution < -0.4 is 5.32 Å². The topological polar surface area (TPSA) is 38.3 Å². The van der Waals surface area contributed by atoms with Crippen LogP contribution in [-0.4, -0.2) is 23.3 Å². The first kappa shape index (κ1) is 11.6. The number of hydrogen-bond donors (Lipinski definition) is 1. The number of carbonyl (C=O) groups excluding carboxylic acids is 1. The third-order valence-corrected chi connectivity index (χ3v) is 1.68. The summed E-state index contributed by atoms with van der Waals surface area (Å²) in [5.74, 6) is 1.61. The molecule has 72 valence electrons. The van der Waals surface area contributed by atoms with Gasteiger partial charge in [-0.05, 0) is 26.5 Å². The largest absolute Gasteiger partial charge is 0.444 e. The third kappa shape index (κ3) is 7.72. The van der Waals surface area contributed by atoms with Gasteiger partial charge in [-0.25, -0.2) is 4.79 Å². The Morgan fingerprint density at radius 1 is 1.50 bits per heavy atom. The highest BCUT2D eigenvalue weighted by Gasteiger charge is 2.15. The second-order valence-corrected chi connectivity index (χ2v) is 4.59. The summed E-state index contributed by atoms with van der Waals surface area (Å²) in [6.45, 7) is 7.58. The predicted octanol–water partition coefficient (Wildman–Crippen LogP) is 2.22.